The number of ether oxygens (including phenoxy) is 2. The van der Waals surface area contributed by atoms with Crippen LogP contribution in [-0.2, 0) is 9.59 Å². The van der Waals surface area contributed by atoms with Crippen LogP contribution < -0.4 is 9.47 Å². The summed E-state index contributed by atoms with van der Waals surface area (Å²) < 4.78 is 10.9. The van der Waals surface area contributed by atoms with E-state index in [4.69, 9.17) is 9.47 Å². The van der Waals surface area contributed by atoms with Crippen LogP contribution in [0.1, 0.15) is 36.5 Å². The number of likely N-dealkylation sites (tertiary alicyclic amines) is 1. The van der Waals surface area contributed by atoms with Gasteiger partial charge in [-0.25, -0.2) is 0 Å². The number of rotatable bonds is 8. The maximum Gasteiger partial charge on any atom is 0.308 e. The average Bonchev–Trinajstić information content (AvgIpc) is 2.71. The molecule has 2 rings (SSSR count). The highest BCUT2D eigenvalue weighted by atomic mass is 16.5. The van der Waals surface area contributed by atoms with Gasteiger partial charge < -0.3 is 24.4 Å². The molecule has 8 nitrogen and oxygen atoms in total. The van der Waals surface area contributed by atoms with Crippen LogP contribution in [0.15, 0.2) is 18.2 Å². The zero-order chi connectivity index (χ0) is 20.7. The number of carbonyl (C=O) groups is 3. The summed E-state index contributed by atoms with van der Waals surface area (Å²) in [6, 6.07) is 4.94. The van der Waals surface area contributed by atoms with E-state index in [-0.39, 0.29) is 24.9 Å². The number of benzene rings is 1. The summed E-state index contributed by atoms with van der Waals surface area (Å²) in [6.45, 7) is 3.00. The van der Waals surface area contributed by atoms with E-state index in [1.54, 1.807) is 25.2 Å². The number of nitrogens with zero attached hydrogens (tertiary/aromatic N) is 2. The molecule has 1 unspecified atom stereocenters. The van der Waals surface area contributed by atoms with Crippen molar-refractivity contribution in [2.24, 2.45) is 5.92 Å². The molecule has 1 aromatic rings. The van der Waals surface area contributed by atoms with E-state index in [2.05, 4.69) is 0 Å². The molecule has 0 aliphatic carbocycles. The fourth-order valence-corrected chi connectivity index (χ4v) is 3.12. The summed E-state index contributed by atoms with van der Waals surface area (Å²) in [5, 5.41) is 9.17. The van der Waals surface area contributed by atoms with Crippen molar-refractivity contribution in [2.45, 2.75) is 26.2 Å². The van der Waals surface area contributed by atoms with Crippen LogP contribution in [0.25, 0.3) is 0 Å². The van der Waals surface area contributed by atoms with Gasteiger partial charge in [-0.05, 0) is 31.4 Å². The molecule has 1 atom stereocenters. The van der Waals surface area contributed by atoms with Crippen molar-refractivity contribution in [1.82, 2.24) is 9.80 Å². The normalized spacial score (nSPS) is 16.4. The van der Waals surface area contributed by atoms with Gasteiger partial charge in [0.15, 0.2) is 0 Å². The van der Waals surface area contributed by atoms with Crippen LogP contribution >= 0.6 is 0 Å². The lowest BCUT2D eigenvalue weighted by atomic mass is 9.98. The maximum absolute atomic E-state index is 12.9. The number of piperidine rings is 1. The van der Waals surface area contributed by atoms with E-state index in [1.165, 1.54) is 16.9 Å². The number of carboxylic acids is 1. The lowest BCUT2D eigenvalue weighted by Gasteiger charge is -2.32. The topological polar surface area (TPSA) is 96.4 Å². The molecule has 1 N–H and O–H groups in total. The van der Waals surface area contributed by atoms with Gasteiger partial charge in [0.25, 0.3) is 5.91 Å². The van der Waals surface area contributed by atoms with Gasteiger partial charge in [0.2, 0.25) is 5.91 Å². The Hall–Kier alpha value is -2.77. The zero-order valence-corrected chi connectivity index (χ0v) is 16.6. The van der Waals surface area contributed by atoms with Gasteiger partial charge in [0.05, 0.1) is 31.7 Å². The third kappa shape index (κ3) is 5.37. The highest BCUT2D eigenvalue weighted by Gasteiger charge is 2.29. The second kappa shape index (κ2) is 9.96. The standard InChI is InChI=1S/C20H28N2O6/c1-4-10-28-17-11-15(27-3)7-8-16(17)19(24)21(2)13-18(23)22-9-5-6-14(12-22)20(25)26/h7-8,11,14H,4-6,9-10,12-13H2,1-3H3,(H,25,26). The number of carbonyl (C=O) groups excluding carboxylic acids is 2. The minimum atomic E-state index is -0.891. The van der Waals surface area contributed by atoms with Gasteiger partial charge in [0, 0.05) is 26.2 Å². The van der Waals surface area contributed by atoms with Gasteiger partial charge in [-0.2, -0.15) is 0 Å². The van der Waals surface area contributed by atoms with Crippen molar-refractivity contribution in [3.63, 3.8) is 0 Å². The smallest absolute Gasteiger partial charge is 0.308 e. The fourth-order valence-electron chi connectivity index (χ4n) is 3.12. The Morgan fingerprint density at radius 3 is 2.71 bits per heavy atom. The fraction of sp³-hybridized carbons (Fsp3) is 0.550. The van der Waals surface area contributed by atoms with Crippen molar-refractivity contribution >= 4 is 17.8 Å². The molecule has 0 aromatic heterocycles. The van der Waals surface area contributed by atoms with Crippen LogP contribution in [0.3, 0.4) is 0 Å². The second-order valence-corrected chi connectivity index (χ2v) is 6.89. The summed E-state index contributed by atoms with van der Waals surface area (Å²) in [5.41, 5.74) is 0.353. The van der Waals surface area contributed by atoms with Gasteiger partial charge in [-0.1, -0.05) is 6.92 Å². The SMILES string of the molecule is CCCOc1cc(OC)ccc1C(=O)N(C)CC(=O)N1CCCC(C(=O)O)C1. The predicted molar refractivity (Wildman–Crippen MR) is 103 cm³/mol. The molecule has 0 bridgehead atoms. The van der Waals surface area contributed by atoms with Crippen LogP contribution in [0.4, 0.5) is 0 Å². The monoisotopic (exact) mass is 392 g/mol. The van der Waals surface area contributed by atoms with E-state index in [9.17, 15) is 19.5 Å². The molecule has 0 saturated carbocycles. The molecule has 1 aliphatic rings. The molecule has 2 amide bonds. The van der Waals surface area contributed by atoms with Crippen LogP contribution in [0.5, 0.6) is 11.5 Å². The van der Waals surface area contributed by atoms with Crippen molar-refractivity contribution < 1.29 is 29.0 Å². The minimum Gasteiger partial charge on any atom is -0.497 e. The lowest BCUT2D eigenvalue weighted by molar-refractivity contribution is -0.145. The molecule has 8 heteroatoms. The Morgan fingerprint density at radius 2 is 2.07 bits per heavy atom. The summed E-state index contributed by atoms with van der Waals surface area (Å²) in [7, 11) is 3.08. The molecule has 28 heavy (non-hydrogen) atoms. The minimum absolute atomic E-state index is 0.121. The van der Waals surface area contributed by atoms with Crippen LogP contribution in [0, 0.1) is 5.92 Å². The Labute approximate surface area is 165 Å². The number of methoxy groups -OCH3 is 1. The number of amides is 2. The first-order valence-corrected chi connectivity index (χ1v) is 9.44. The Kier molecular flexibility index (Phi) is 7.66. The van der Waals surface area contributed by atoms with Crippen molar-refractivity contribution in [3.05, 3.63) is 23.8 Å². The molecular weight excluding hydrogens is 364 g/mol. The number of carboxylic acid groups (broad SMARTS) is 1. The molecule has 1 saturated heterocycles. The lowest BCUT2D eigenvalue weighted by Crippen LogP contribution is -2.46. The molecule has 1 fully saturated rings. The van der Waals surface area contributed by atoms with Gasteiger partial charge in [0.1, 0.15) is 11.5 Å². The average molecular weight is 392 g/mol. The third-order valence-electron chi connectivity index (χ3n) is 4.72. The molecular formula is C20H28N2O6. The second-order valence-electron chi connectivity index (χ2n) is 6.89. The van der Waals surface area contributed by atoms with Gasteiger partial charge in [-0.3, -0.25) is 14.4 Å². The van der Waals surface area contributed by atoms with E-state index >= 15 is 0 Å². The molecule has 1 heterocycles. The molecule has 1 aromatic carbocycles. The van der Waals surface area contributed by atoms with E-state index < -0.39 is 11.9 Å². The van der Waals surface area contributed by atoms with E-state index in [1.807, 2.05) is 6.92 Å². The largest absolute Gasteiger partial charge is 0.497 e. The number of aliphatic carboxylic acids is 1. The summed E-state index contributed by atoms with van der Waals surface area (Å²) in [4.78, 5) is 39.5. The van der Waals surface area contributed by atoms with Gasteiger partial charge in [-0.15, -0.1) is 0 Å². The predicted octanol–water partition coefficient (Wildman–Crippen LogP) is 1.88. The summed E-state index contributed by atoms with van der Waals surface area (Å²) >= 11 is 0. The van der Waals surface area contributed by atoms with Crippen LogP contribution in [-0.4, -0.2) is 73.1 Å². The highest BCUT2D eigenvalue weighted by Crippen LogP contribution is 2.26. The quantitative estimate of drug-likeness (QED) is 0.726. The molecule has 1 aliphatic heterocycles. The zero-order valence-electron chi connectivity index (χ0n) is 16.6. The van der Waals surface area contributed by atoms with Crippen LogP contribution in [0.2, 0.25) is 0 Å². The number of hydrogen-bond acceptors (Lipinski definition) is 5. The van der Waals surface area contributed by atoms with Gasteiger partial charge >= 0.3 is 5.97 Å². The number of likely N-dealkylation sites (N-methyl/N-ethyl adjacent to an activating group) is 1. The summed E-state index contributed by atoms with van der Waals surface area (Å²) in [6.07, 6.45) is 2.00. The first-order chi connectivity index (χ1) is 13.4. The van der Waals surface area contributed by atoms with E-state index in [0.717, 1.165) is 6.42 Å². The molecule has 154 valence electrons. The molecule has 0 spiro atoms. The Morgan fingerprint density at radius 1 is 1.32 bits per heavy atom. The third-order valence-corrected chi connectivity index (χ3v) is 4.72. The van der Waals surface area contributed by atoms with Crippen molar-refractivity contribution in [3.8, 4) is 11.5 Å². The first kappa shape index (κ1) is 21.5. The Balaban J connectivity index is 2.07. The number of hydrogen-bond donors (Lipinski definition) is 1. The van der Waals surface area contributed by atoms with Crippen molar-refractivity contribution in [2.75, 3.05) is 40.4 Å². The maximum atomic E-state index is 12.9. The highest BCUT2D eigenvalue weighted by molar-refractivity contribution is 5.98. The van der Waals surface area contributed by atoms with E-state index in [0.29, 0.717) is 43.1 Å². The molecule has 0 radical (unpaired) electrons. The first-order valence-electron chi connectivity index (χ1n) is 9.44. The summed E-state index contributed by atoms with van der Waals surface area (Å²) in [5.74, 6) is -1.05. The van der Waals surface area contributed by atoms with Crippen molar-refractivity contribution in [1.29, 1.82) is 0 Å². The Bertz CT molecular complexity index is 721.